The molecule has 0 radical (unpaired) electrons. The van der Waals surface area contributed by atoms with Gasteiger partial charge in [0.05, 0.1) is 13.0 Å². The van der Waals surface area contributed by atoms with Crippen molar-refractivity contribution in [3.63, 3.8) is 0 Å². The van der Waals surface area contributed by atoms with E-state index in [2.05, 4.69) is 0 Å². The van der Waals surface area contributed by atoms with Crippen LogP contribution >= 0.6 is 0 Å². The molecule has 0 aliphatic rings. The standard InChI is InChI=1S/C3H6O3.2Na.2H/c4-2-1-3(5)6;;;;/h4H,1-2H2,(H,5,6);;;;. The molecule has 5 heteroatoms. The number of aliphatic hydroxyl groups excluding tert-OH is 1. The molecule has 2 N–H and O–H groups in total. The summed E-state index contributed by atoms with van der Waals surface area (Å²) in [6.07, 6.45) is -0.153. The zero-order valence-corrected chi connectivity index (χ0v) is 3.22. The van der Waals surface area contributed by atoms with Crippen molar-refractivity contribution in [3.05, 3.63) is 0 Å². The average Bonchev–Trinajstić information content (AvgIpc) is 1.35. The van der Waals surface area contributed by atoms with Crippen LogP contribution in [0.5, 0.6) is 0 Å². The summed E-state index contributed by atoms with van der Waals surface area (Å²) in [6, 6.07) is 0. The normalized spacial score (nSPS) is 6.12. The first kappa shape index (κ1) is 16.2. The van der Waals surface area contributed by atoms with Gasteiger partial charge in [0.2, 0.25) is 0 Å². The summed E-state index contributed by atoms with van der Waals surface area (Å²) in [6.45, 7) is -0.269. The fourth-order valence-corrected chi connectivity index (χ4v) is 0.0956. The van der Waals surface area contributed by atoms with Crippen molar-refractivity contribution in [2.45, 2.75) is 6.42 Å². The minimum absolute atomic E-state index is 0. The zero-order chi connectivity index (χ0) is 4.99. The van der Waals surface area contributed by atoms with Gasteiger partial charge < -0.3 is 10.2 Å². The first-order chi connectivity index (χ1) is 2.77. The summed E-state index contributed by atoms with van der Waals surface area (Å²) in [5.74, 6) is -0.961. The van der Waals surface area contributed by atoms with E-state index in [1.54, 1.807) is 0 Å². The fraction of sp³-hybridized carbons (Fsp3) is 0.667. The van der Waals surface area contributed by atoms with Crippen LogP contribution in [0, 0.1) is 0 Å². The van der Waals surface area contributed by atoms with Crippen molar-refractivity contribution in [3.8, 4) is 0 Å². The van der Waals surface area contributed by atoms with Crippen molar-refractivity contribution >= 4 is 65.1 Å². The van der Waals surface area contributed by atoms with Gasteiger partial charge in [-0.2, -0.15) is 0 Å². The summed E-state index contributed by atoms with van der Waals surface area (Å²) in [7, 11) is 0. The van der Waals surface area contributed by atoms with Crippen LogP contribution in [0.3, 0.4) is 0 Å². The minimum atomic E-state index is -0.961. The molecule has 0 bridgehead atoms. The quantitative estimate of drug-likeness (QED) is 0.441. The molecule has 0 aromatic rings. The Bertz CT molecular complexity index is 56.5. The summed E-state index contributed by atoms with van der Waals surface area (Å²) in [5, 5.41) is 15.6. The molecule has 0 saturated carbocycles. The van der Waals surface area contributed by atoms with Gasteiger partial charge in [0.25, 0.3) is 0 Å². The van der Waals surface area contributed by atoms with Gasteiger partial charge >= 0.3 is 65.1 Å². The van der Waals surface area contributed by atoms with Gasteiger partial charge in [-0.3, -0.25) is 4.79 Å². The van der Waals surface area contributed by atoms with E-state index in [4.69, 9.17) is 10.2 Å². The van der Waals surface area contributed by atoms with Crippen LogP contribution in [0.25, 0.3) is 0 Å². The van der Waals surface area contributed by atoms with Gasteiger partial charge in [0.15, 0.2) is 0 Å². The van der Waals surface area contributed by atoms with E-state index in [-0.39, 0.29) is 72.1 Å². The molecule has 0 atom stereocenters. The second-order valence-corrected chi connectivity index (χ2v) is 0.867. The molecule has 0 unspecified atom stereocenters. The third-order valence-electron chi connectivity index (χ3n) is 0.326. The zero-order valence-electron chi connectivity index (χ0n) is 3.22. The molecule has 0 aliphatic heterocycles. The van der Waals surface area contributed by atoms with Crippen LogP contribution < -0.4 is 0 Å². The van der Waals surface area contributed by atoms with E-state index in [0.29, 0.717) is 0 Å². The third-order valence-corrected chi connectivity index (χ3v) is 0.326. The number of hydrogen-bond acceptors (Lipinski definition) is 2. The molecule has 3 nitrogen and oxygen atoms in total. The Labute approximate surface area is 92.0 Å². The molecule has 0 aliphatic carbocycles. The van der Waals surface area contributed by atoms with Gasteiger partial charge in [-0.05, 0) is 0 Å². The monoisotopic (exact) mass is 138 g/mol. The van der Waals surface area contributed by atoms with E-state index in [1.807, 2.05) is 0 Å². The van der Waals surface area contributed by atoms with Gasteiger partial charge in [-0.15, -0.1) is 0 Å². The number of carboxylic acid groups (broad SMARTS) is 1. The van der Waals surface area contributed by atoms with Crippen LogP contribution in [0.2, 0.25) is 0 Å². The Morgan fingerprint density at radius 3 is 1.75 bits per heavy atom. The molecule has 0 heterocycles. The van der Waals surface area contributed by atoms with E-state index < -0.39 is 5.97 Å². The number of aliphatic hydroxyl groups is 1. The van der Waals surface area contributed by atoms with Crippen molar-refractivity contribution in [1.29, 1.82) is 0 Å². The van der Waals surface area contributed by atoms with Crippen molar-refractivity contribution < 1.29 is 15.0 Å². The van der Waals surface area contributed by atoms with Crippen molar-refractivity contribution in [1.82, 2.24) is 0 Å². The fourth-order valence-electron chi connectivity index (χ4n) is 0.0956. The molecule has 40 valence electrons. The van der Waals surface area contributed by atoms with E-state index >= 15 is 0 Å². The molecule has 0 spiro atoms. The van der Waals surface area contributed by atoms with Crippen LogP contribution in [-0.4, -0.2) is 81.9 Å². The van der Waals surface area contributed by atoms with Crippen LogP contribution in [0.4, 0.5) is 0 Å². The number of carboxylic acids is 1. The second-order valence-electron chi connectivity index (χ2n) is 0.867. The van der Waals surface area contributed by atoms with Gasteiger partial charge in [-0.1, -0.05) is 0 Å². The Hall–Kier alpha value is 1.43. The Balaban J connectivity index is -0.000000125. The number of hydrogen-bond donors (Lipinski definition) is 2. The van der Waals surface area contributed by atoms with Crippen LogP contribution in [-0.2, 0) is 4.79 Å². The maximum atomic E-state index is 9.44. The van der Waals surface area contributed by atoms with Gasteiger partial charge in [-0.25, -0.2) is 0 Å². The molecule has 0 rings (SSSR count). The van der Waals surface area contributed by atoms with Crippen LogP contribution in [0.1, 0.15) is 6.42 Å². The molecule has 0 fully saturated rings. The van der Waals surface area contributed by atoms with Crippen LogP contribution in [0.15, 0.2) is 0 Å². The first-order valence-corrected chi connectivity index (χ1v) is 1.60. The Morgan fingerprint density at radius 2 is 1.75 bits per heavy atom. The SMILES string of the molecule is O=C(O)CCO.[NaH].[NaH]. The summed E-state index contributed by atoms with van der Waals surface area (Å²) in [5.41, 5.74) is 0. The predicted molar refractivity (Wildman–Crippen MR) is 33.6 cm³/mol. The number of carbonyl (C=O) groups is 1. The topological polar surface area (TPSA) is 57.5 Å². The third kappa shape index (κ3) is 15.7. The molecule has 0 saturated heterocycles. The molecule has 0 aromatic carbocycles. The number of aliphatic carboxylic acids is 1. The summed E-state index contributed by atoms with van der Waals surface area (Å²) < 4.78 is 0. The molecular formula is C3H8Na2O3. The maximum absolute atomic E-state index is 9.44. The Morgan fingerprint density at radius 1 is 1.38 bits per heavy atom. The van der Waals surface area contributed by atoms with E-state index in [9.17, 15) is 4.79 Å². The van der Waals surface area contributed by atoms with Crippen molar-refractivity contribution in [2.24, 2.45) is 0 Å². The molecule has 0 aromatic heterocycles. The second kappa shape index (κ2) is 11.3. The Kier molecular flexibility index (Phi) is 22.8. The first-order valence-electron chi connectivity index (χ1n) is 1.60. The molecular weight excluding hydrogens is 130 g/mol. The predicted octanol–water partition coefficient (Wildman–Crippen LogP) is -1.84. The number of rotatable bonds is 2. The van der Waals surface area contributed by atoms with E-state index in [1.165, 1.54) is 0 Å². The average molecular weight is 138 g/mol. The van der Waals surface area contributed by atoms with E-state index in [0.717, 1.165) is 0 Å². The van der Waals surface area contributed by atoms with Gasteiger partial charge in [0, 0.05) is 0 Å². The summed E-state index contributed by atoms with van der Waals surface area (Å²) >= 11 is 0. The van der Waals surface area contributed by atoms with Crippen molar-refractivity contribution in [2.75, 3.05) is 6.61 Å². The molecule has 0 amide bonds. The molecule has 8 heavy (non-hydrogen) atoms. The van der Waals surface area contributed by atoms with Gasteiger partial charge in [0.1, 0.15) is 0 Å². The summed E-state index contributed by atoms with van der Waals surface area (Å²) in [4.78, 5) is 9.44.